The van der Waals surface area contributed by atoms with Crippen molar-refractivity contribution in [1.29, 1.82) is 0 Å². The van der Waals surface area contributed by atoms with Gasteiger partial charge in [-0.1, -0.05) is 30.3 Å². The SMILES string of the molecule is CNC(=O)CN1CCN=C(c2ccccc2)c2cc([N+](=O)[O-])ccc21. The normalized spacial score (nSPS) is 13.5. The van der Waals surface area contributed by atoms with Gasteiger partial charge in [-0.2, -0.15) is 0 Å². The van der Waals surface area contributed by atoms with Crippen molar-refractivity contribution < 1.29 is 9.72 Å². The van der Waals surface area contributed by atoms with Crippen LogP contribution in [0.1, 0.15) is 11.1 Å². The van der Waals surface area contributed by atoms with E-state index in [-0.39, 0.29) is 18.1 Å². The molecule has 0 aromatic heterocycles. The van der Waals surface area contributed by atoms with Gasteiger partial charge < -0.3 is 10.2 Å². The molecule has 0 radical (unpaired) electrons. The zero-order chi connectivity index (χ0) is 17.8. The van der Waals surface area contributed by atoms with Gasteiger partial charge in [0.2, 0.25) is 5.91 Å². The molecule has 0 atom stereocenters. The summed E-state index contributed by atoms with van der Waals surface area (Å²) in [7, 11) is 1.59. The maximum Gasteiger partial charge on any atom is 0.270 e. The van der Waals surface area contributed by atoms with E-state index in [9.17, 15) is 14.9 Å². The Kier molecular flexibility index (Phi) is 4.74. The maximum atomic E-state index is 11.8. The topological polar surface area (TPSA) is 87.8 Å². The van der Waals surface area contributed by atoms with Crippen LogP contribution in [0.25, 0.3) is 0 Å². The summed E-state index contributed by atoms with van der Waals surface area (Å²) in [5.74, 6) is -0.118. The zero-order valence-electron chi connectivity index (χ0n) is 13.8. The van der Waals surface area contributed by atoms with Crippen molar-refractivity contribution in [2.45, 2.75) is 0 Å². The highest BCUT2D eigenvalue weighted by Crippen LogP contribution is 2.30. The molecule has 3 rings (SSSR count). The number of carbonyl (C=O) groups is 1. The number of anilines is 1. The zero-order valence-corrected chi connectivity index (χ0v) is 13.8. The van der Waals surface area contributed by atoms with Gasteiger partial charge in [-0.25, -0.2) is 0 Å². The van der Waals surface area contributed by atoms with Gasteiger partial charge in [-0.15, -0.1) is 0 Å². The number of fused-ring (bicyclic) bond motifs is 1. The summed E-state index contributed by atoms with van der Waals surface area (Å²) in [5.41, 5.74) is 3.05. The van der Waals surface area contributed by atoms with E-state index in [4.69, 9.17) is 0 Å². The van der Waals surface area contributed by atoms with Crippen molar-refractivity contribution in [2.24, 2.45) is 4.99 Å². The number of likely N-dealkylation sites (N-methyl/N-ethyl adjacent to an activating group) is 1. The lowest BCUT2D eigenvalue weighted by Crippen LogP contribution is -2.37. The van der Waals surface area contributed by atoms with Crippen LogP contribution in [0.3, 0.4) is 0 Å². The Morgan fingerprint density at radius 1 is 1.28 bits per heavy atom. The van der Waals surface area contributed by atoms with Crippen molar-refractivity contribution in [3.8, 4) is 0 Å². The summed E-state index contributed by atoms with van der Waals surface area (Å²) in [6.45, 7) is 1.25. The Labute approximate surface area is 145 Å². The highest BCUT2D eigenvalue weighted by atomic mass is 16.6. The van der Waals surface area contributed by atoms with Crippen LogP contribution in [0, 0.1) is 10.1 Å². The number of aliphatic imine (C=N–C) groups is 1. The van der Waals surface area contributed by atoms with Gasteiger partial charge in [-0.05, 0) is 6.07 Å². The number of nitrogens with zero attached hydrogens (tertiary/aromatic N) is 3. The second kappa shape index (κ2) is 7.12. The van der Waals surface area contributed by atoms with Crippen LogP contribution in [0.15, 0.2) is 53.5 Å². The molecular weight excluding hydrogens is 320 g/mol. The molecule has 2 aromatic rings. The van der Waals surface area contributed by atoms with E-state index >= 15 is 0 Å². The van der Waals surface area contributed by atoms with Crippen LogP contribution in [0.4, 0.5) is 11.4 Å². The number of rotatable bonds is 4. The van der Waals surface area contributed by atoms with Gasteiger partial charge in [0.1, 0.15) is 0 Å². The van der Waals surface area contributed by atoms with Gasteiger partial charge in [0.05, 0.1) is 23.7 Å². The summed E-state index contributed by atoms with van der Waals surface area (Å²) in [5, 5.41) is 13.8. The highest BCUT2D eigenvalue weighted by molar-refractivity contribution is 6.16. The smallest absolute Gasteiger partial charge is 0.270 e. The third-order valence-electron chi connectivity index (χ3n) is 4.09. The van der Waals surface area contributed by atoms with Crippen LogP contribution in [-0.4, -0.2) is 43.2 Å². The summed E-state index contributed by atoms with van der Waals surface area (Å²) in [6, 6.07) is 14.3. The van der Waals surface area contributed by atoms with Gasteiger partial charge in [0.15, 0.2) is 0 Å². The van der Waals surface area contributed by atoms with Crippen molar-refractivity contribution >= 4 is 23.0 Å². The number of hydrogen-bond donors (Lipinski definition) is 1. The van der Waals surface area contributed by atoms with Crippen LogP contribution < -0.4 is 10.2 Å². The van der Waals surface area contributed by atoms with Crippen LogP contribution in [-0.2, 0) is 4.79 Å². The molecule has 0 bridgehead atoms. The minimum Gasteiger partial charge on any atom is -0.360 e. The molecule has 0 aliphatic carbocycles. The van der Waals surface area contributed by atoms with E-state index in [0.29, 0.717) is 24.4 Å². The quantitative estimate of drug-likeness (QED) is 0.682. The Morgan fingerprint density at radius 3 is 2.72 bits per heavy atom. The summed E-state index contributed by atoms with van der Waals surface area (Å²) < 4.78 is 0. The van der Waals surface area contributed by atoms with Crippen molar-refractivity contribution in [3.63, 3.8) is 0 Å². The molecule has 128 valence electrons. The van der Waals surface area contributed by atoms with Crippen molar-refractivity contribution in [3.05, 3.63) is 69.8 Å². The van der Waals surface area contributed by atoms with Crippen LogP contribution in [0.2, 0.25) is 0 Å². The summed E-state index contributed by atoms with van der Waals surface area (Å²) >= 11 is 0. The molecule has 7 nitrogen and oxygen atoms in total. The first-order valence-corrected chi connectivity index (χ1v) is 7.94. The Balaban J connectivity index is 2.12. The van der Waals surface area contributed by atoms with Crippen molar-refractivity contribution in [2.75, 3.05) is 31.6 Å². The maximum absolute atomic E-state index is 11.8. The average molecular weight is 338 g/mol. The van der Waals surface area contributed by atoms with E-state index in [1.165, 1.54) is 12.1 Å². The Hall–Kier alpha value is -3.22. The molecular formula is C18H18N4O3. The molecule has 1 aliphatic heterocycles. The second-order valence-corrected chi connectivity index (χ2v) is 5.65. The number of amides is 1. The van der Waals surface area contributed by atoms with Gasteiger partial charge >= 0.3 is 0 Å². The molecule has 1 N–H and O–H groups in total. The molecule has 25 heavy (non-hydrogen) atoms. The molecule has 0 spiro atoms. The predicted octanol–water partition coefficient (Wildman–Crippen LogP) is 2.00. The Morgan fingerprint density at radius 2 is 2.04 bits per heavy atom. The van der Waals surface area contributed by atoms with Gasteiger partial charge in [0.25, 0.3) is 5.69 Å². The van der Waals surface area contributed by atoms with E-state index < -0.39 is 4.92 Å². The predicted molar refractivity (Wildman–Crippen MR) is 96.3 cm³/mol. The number of nitro benzene ring substituents is 1. The molecule has 0 fully saturated rings. The Bertz CT molecular complexity index is 833. The van der Waals surface area contributed by atoms with Crippen LogP contribution >= 0.6 is 0 Å². The van der Waals surface area contributed by atoms with Gasteiger partial charge in [-0.3, -0.25) is 19.9 Å². The summed E-state index contributed by atoms with van der Waals surface area (Å²) in [6.07, 6.45) is 0. The minimum atomic E-state index is -0.420. The average Bonchev–Trinajstić information content (AvgIpc) is 2.81. The molecule has 0 unspecified atom stereocenters. The first kappa shape index (κ1) is 16.6. The molecule has 7 heteroatoms. The number of nitro groups is 1. The number of carbonyl (C=O) groups excluding carboxylic acids is 1. The number of nitrogens with one attached hydrogen (secondary N) is 1. The lowest BCUT2D eigenvalue weighted by Gasteiger charge is -2.23. The number of benzene rings is 2. The fraction of sp³-hybridized carbons (Fsp3) is 0.222. The fourth-order valence-electron chi connectivity index (χ4n) is 2.85. The van der Waals surface area contributed by atoms with Crippen LogP contribution in [0.5, 0.6) is 0 Å². The lowest BCUT2D eigenvalue weighted by molar-refractivity contribution is -0.384. The molecule has 0 saturated carbocycles. The standard InChI is InChI=1S/C18H18N4O3/c1-19-17(23)12-21-10-9-20-18(13-5-3-2-4-6-13)15-11-14(22(24)25)7-8-16(15)21/h2-8,11H,9-10,12H2,1H3,(H,19,23). The first-order chi connectivity index (χ1) is 12.1. The highest BCUT2D eigenvalue weighted by Gasteiger charge is 2.23. The number of benzodiazepines with no additional fused rings is 1. The third kappa shape index (κ3) is 3.50. The lowest BCUT2D eigenvalue weighted by atomic mass is 9.99. The van der Waals surface area contributed by atoms with Crippen molar-refractivity contribution in [1.82, 2.24) is 5.32 Å². The molecule has 1 heterocycles. The second-order valence-electron chi connectivity index (χ2n) is 5.65. The number of non-ortho nitro benzene ring substituents is 1. The van der Waals surface area contributed by atoms with E-state index in [2.05, 4.69) is 10.3 Å². The van der Waals surface area contributed by atoms with E-state index in [0.717, 1.165) is 11.3 Å². The molecule has 0 saturated heterocycles. The molecule has 2 aromatic carbocycles. The molecule has 1 amide bonds. The fourth-order valence-corrected chi connectivity index (χ4v) is 2.85. The van der Waals surface area contributed by atoms with E-state index in [1.54, 1.807) is 13.1 Å². The third-order valence-corrected chi connectivity index (χ3v) is 4.09. The minimum absolute atomic E-state index is 0.00386. The monoisotopic (exact) mass is 338 g/mol. The largest absolute Gasteiger partial charge is 0.360 e. The molecule has 1 aliphatic rings. The summed E-state index contributed by atoms with van der Waals surface area (Å²) in [4.78, 5) is 29.2. The number of hydrogen-bond acceptors (Lipinski definition) is 5. The first-order valence-electron chi connectivity index (χ1n) is 7.94. The van der Waals surface area contributed by atoms with Gasteiger partial charge in [0, 0.05) is 42.5 Å². The van der Waals surface area contributed by atoms with E-state index in [1.807, 2.05) is 35.2 Å².